The molecule has 3 N–H and O–H groups in total. The largest absolute Gasteiger partial charge is 0.368 e. The highest BCUT2D eigenvalue weighted by atomic mass is 16.1. The number of carbonyl (C=O) groups is 1. The van der Waals surface area contributed by atoms with Gasteiger partial charge in [-0.2, -0.15) is 0 Å². The van der Waals surface area contributed by atoms with Crippen LogP contribution in [0.15, 0.2) is 0 Å². The predicted octanol–water partition coefficient (Wildman–Crippen LogP) is 3.23. The molecule has 0 rings (SSSR count). The zero-order valence-corrected chi connectivity index (χ0v) is 12.5. The van der Waals surface area contributed by atoms with Gasteiger partial charge in [0.1, 0.15) is 0 Å². The van der Waals surface area contributed by atoms with Gasteiger partial charge in [-0.15, -0.1) is 0 Å². The van der Waals surface area contributed by atoms with Crippen molar-refractivity contribution in [2.45, 2.75) is 78.2 Å². The third-order valence-corrected chi connectivity index (χ3v) is 3.21. The van der Waals surface area contributed by atoms with Crippen LogP contribution in [-0.4, -0.2) is 18.5 Å². The first kappa shape index (κ1) is 17.4. The van der Waals surface area contributed by atoms with Gasteiger partial charge in [-0.3, -0.25) is 4.79 Å². The number of hydrogen-bond donors (Lipinski definition) is 2. The minimum atomic E-state index is -0.207. The lowest BCUT2D eigenvalue weighted by Gasteiger charge is -2.16. The molecule has 0 aliphatic heterocycles. The Balaban J connectivity index is 3.55. The Labute approximate surface area is 113 Å². The quantitative estimate of drug-likeness (QED) is 0.527. The standard InChI is InChI=1S/C15H32N2O/c1-4-5-6-7-8-9-10-11-14(15(16)18)17-12-13(2)3/h13-14,17H,4-12H2,1-3H3,(H2,16,18). The van der Waals surface area contributed by atoms with Gasteiger partial charge in [0.25, 0.3) is 0 Å². The van der Waals surface area contributed by atoms with Gasteiger partial charge in [-0.25, -0.2) is 0 Å². The topological polar surface area (TPSA) is 55.1 Å². The van der Waals surface area contributed by atoms with Crippen molar-refractivity contribution < 1.29 is 4.79 Å². The maximum atomic E-state index is 11.3. The first-order chi connectivity index (χ1) is 8.57. The minimum absolute atomic E-state index is 0.136. The molecule has 1 amide bonds. The lowest BCUT2D eigenvalue weighted by Crippen LogP contribution is -2.42. The summed E-state index contributed by atoms with van der Waals surface area (Å²) in [4.78, 5) is 11.3. The summed E-state index contributed by atoms with van der Waals surface area (Å²) in [5, 5.41) is 3.26. The number of nitrogens with one attached hydrogen (secondary N) is 1. The summed E-state index contributed by atoms with van der Waals surface area (Å²) >= 11 is 0. The van der Waals surface area contributed by atoms with Crippen molar-refractivity contribution in [1.82, 2.24) is 5.32 Å². The predicted molar refractivity (Wildman–Crippen MR) is 78.4 cm³/mol. The van der Waals surface area contributed by atoms with Gasteiger partial charge < -0.3 is 11.1 Å². The second-order valence-electron chi connectivity index (χ2n) is 5.67. The Morgan fingerprint density at radius 3 is 2.11 bits per heavy atom. The Morgan fingerprint density at radius 1 is 1.06 bits per heavy atom. The van der Waals surface area contributed by atoms with Crippen molar-refractivity contribution >= 4 is 5.91 Å². The maximum absolute atomic E-state index is 11.3. The average molecular weight is 256 g/mol. The first-order valence-electron chi connectivity index (χ1n) is 7.60. The summed E-state index contributed by atoms with van der Waals surface area (Å²) in [5.41, 5.74) is 5.40. The van der Waals surface area contributed by atoms with Gasteiger partial charge in [0, 0.05) is 0 Å². The number of nitrogens with two attached hydrogens (primary N) is 1. The van der Waals surface area contributed by atoms with Crippen LogP contribution in [0.5, 0.6) is 0 Å². The Hall–Kier alpha value is -0.570. The maximum Gasteiger partial charge on any atom is 0.234 e. The van der Waals surface area contributed by atoms with Crippen LogP contribution in [0.3, 0.4) is 0 Å². The van der Waals surface area contributed by atoms with E-state index in [0.29, 0.717) is 5.92 Å². The van der Waals surface area contributed by atoms with Crippen LogP contribution in [0.25, 0.3) is 0 Å². The zero-order valence-electron chi connectivity index (χ0n) is 12.5. The fourth-order valence-corrected chi connectivity index (χ4v) is 2.03. The molecule has 0 fully saturated rings. The lowest BCUT2D eigenvalue weighted by molar-refractivity contribution is -0.120. The molecule has 0 aromatic heterocycles. The third kappa shape index (κ3) is 10.6. The monoisotopic (exact) mass is 256 g/mol. The van der Waals surface area contributed by atoms with Crippen LogP contribution in [0.4, 0.5) is 0 Å². The van der Waals surface area contributed by atoms with E-state index in [1.54, 1.807) is 0 Å². The SMILES string of the molecule is CCCCCCCCCC(NCC(C)C)C(N)=O. The van der Waals surface area contributed by atoms with Crippen molar-refractivity contribution in [2.24, 2.45) is 11.7 Å². The van der Waals surface area contributed by atoms with Crippen molar-refractivity contribution in [3.63, 3.8) is 0 Å². The van der Waals surface area contributed by atoms with E-state index in [1.807, 2.05) is 0 Å². The van der Waals surface area contributed by atoms with Gasteiger partial charge in [0.05, 0.1) is 6.04 Å². The summed E-state index contributed by atoms with van der Waals surface area (Å²) in [6.45, 7) is 7.37. The lowest BCUT2D eigenvalue weighted by atomic mass is 10.0. The number of carbonyl (C=O) groups excluding carboxylic acids is 1. The highest BCUT2D eigenvalue weighted by Gasteiger charge is 2.13. The fourth-order valence-electron chi connectivity index (χ4n) is 2.03. The summed E-state index contributed by atoms with van der Waals surface area (Å²) in [5.74, 6) is 0.350. The Morgan fingerprint density at radius 2 is 1.61 bits per heavy atom. The normalized spacial score (nSPS) is 12.9. The molecule has 0 aromatic carbocycles. The molecule has 108 valence electrons. The number of amides is 1. The summed E-state index contributed by atoms with van der Waals surface area (Å²) in [6.07, 6.45) is 9.81. The molecule has 0 saturated heterocycles. The molecule has 0 saturated carbocycles. The highest BCUT2D eigenvalue weighted by Crippen LogP contribution is 2.09. The van der Waals surface area contributed by atoms with Crippen molar-refractivity contribution in [1.29, 1.82) is 0 Å². The van der Waals surface area contributed by atoms with E-state index in [1.165, 1.54) is 38.5 Å². The molecule has 1 atom stereocenters. The third-order valence-electron chi connectivity index (χ3n) is 3.21. The van der Waals surface area contributed by atoms with Crippen LogP contribution in [0.1, 0.15) is 72.1 Å². The zero-order chi connectivity index (χ0) is 13.8. The number of unbranched alkanes of at least 4 members (excludes halogenated alkanes) is 6. The molecule has 18 heavy (non-hydrogen) atoms. The summed E-state index contributed by atoms with van der Waals surface area (Å²) in [7, 11) is 0. The number of hydrogen-bond acceptors (Lipinski definition) is 2. The van der Waals surface area contributed by atoms with E-state index in [0.717, 1.165) is 19.4 Å². The van der Waals surface area contributed by atoms with Gasteiger partial charge in [0.2, 0.25) is 5.91 Å². The first-order valence-corrected chi connectivity index (χ1v) is 7.60. The van der Waals surface area contributed by atoms with E-state index in [4.69, 9.17) is 5.73 Å². The Bertz CT molecular complexity index is 205. The molecule has 0 radical (unpaired) electrons. The van der Waals surface area contributed by atoms with E-state index in [9.17, 15) is 4.79 Å². The molecule has 3 nitrogen and oxygen atoms in total. The molecule has 0 aliphatic rings. The van der Waals surface area contributed by atoms with Crippen molar-refractivity contribution in [2.75, 3.05) is 6.54 Å². The van der Waals surface area contributed by atoms with Crippen LogP contribution in [0, 0.1) is 5.92 Å². The molecule has 0 heterocycles. The molecule has 3 heteroatoms. The van der Waals surface area contributed by atoms with Gasteiger partial charge >= 0.3 is 0 Å². The molecule has 1 unspecified atom stereocenters. The highest BCUT2D eigenvalue weighted by molar-refractivity contribution is 5.79. The van der Waals surface area contributed by atoms with Gasteiger partial charge in [-0.1, -0.05) is 65.7 Å². The van der Waals surface area contributed by atoms with Crippen molar-refractivity contribution in [3.05, 3.63) is 0 Å². The number of primary amides is 1. The van der Waals surface area contributed by atoms with Crippen LogP contribution >= 0.6 is 0 Å². The van der Waals surface area contributed by atoms with E-state index >= 15 is 0 Å². The average Bonchev–Trinajstić information content (AvgIpc) is 2.31. The number of rotatable bonds is 12. The van der Waals surface area contributed by atoms with E-state index in [2.05, 4.69) is 26.1 Å². The molecule has 0 bridgehead atoms. The minimum Gasteiger partial charge on any atom is -0.368 e. The molecular weight excluding hydrogens is 224 g/mol. The van der Waals surface area contributed by atoms with Crippen LogP contribution < -0.4 is 11.1 Å². The smallest absolute Gasteiger partial charge is 0.234 e. The molecule has 0 aliphatic carbocycles. The van der Waals surface area contributed by atoms with Crippen LogP contribution in [0.2, 0.25) is 0 Å². The second kappa shape index (κ2) is 11.5. The molecule has 0 spiro atoms. The van der Waals surface area contributed by atoms with Crippen LogP contribution in [-0.2, 0) is 4.79 Å². The molecule has 0 aromatic rings. The summed E-state index contributed by atoms with van der Waals surface area (Å²) < 4.78 is 0. The summed E-state index contributed by atoms with van der Waals surface area (Å²) in [6, 6.07) is -0.136. The van der Waals surface area contributed by atoms with Crippen molar-refractivity contribution in [3.8, 4) is 0 Å². The molecular formula is C15H32N2O. The second-order valence-corrected chi connectivity index (χ2v) is 5.67. The van der Waals surface area contributed by atoms with E-state index in [-0.39, 0.29) is 11.9 Å². The van der Waals surface area contributed by atoms with Gasteiger partial charge in [-0.05, 0) is 18.9 Å². The Kier molecular flexibility index (Phi) is 11.2. The van der Waals surface area contributed by atoms with Gasteiger partial charge in [0.15, 0.2) is 0 Å². The van der Waals surface area contributed by atoms with E-state index < -0.39 is 0 Å². The fraction of sp³-hybridized carbons (Fsp3) is 0.933.